The van der Waals surface area contributed by atoms with Gasteiger partial charge in [-0.05, 0) is 24.3 Å². The van der Waals surface area contributed by atoms with E-state index in [9.17, 15) is 9.59 Å². The number of rotatable bonds is 7. The highest BCUT2D eigenvalue weighted by Gasteiger charge is 2.20. The molecule has 9 heteroatoms. The molecule has 2 saturated heterocycles. The van der Waals surface area contributed by atoms with Crippen LogP contribution in [-0.2, 0) is 11.3 Å². The number of piperazine rings is 1. The second kappa shape index (κ2) is 10.8. The van der Waals surface area contributed by atoms with Crippen LogP contribution in [0.3, 0.4) is 0 Å². The fraction of sp³-hybridized carbons (Fsp3) is 0.478. The van der Waals surface area contributed by atoms with Gasteiger partial charge in [0.25, 0.3) is 5.91 Å². The second-order valence-electron chi connectivity index (χ2n) is 7.82. The molecule has 32 heavy (non-hydrogen) atoms. The average Bonchev–Trinajstić information content (AvgIpc) is 2.84. The first-order chi connectivity index (χ1) is 15.6. The lowest BCUT2D eigenvalue weighted by molar-refractivity contribution is -0.133. The maximum Gasteiger partial charge on any atom is 0.260 e. The summed E-state index contributed by atoms with van der Waals surface area (Å²) in [6, 6.07) is 9.55. The van der Waals surface area contributed by atoms with E-state index in [0.29, 0.717) is 12.3 Å². The van der Waals surface area contributed by atoms with Crippen LogP contribution in [0.15, 0.2) is 45.8 Å². The molecule has 172 valence electrons. The number of amides is 1. The Hall–Kier alpha value is -2.65. The number of carbonyl (C=O) groups excluding carboxylic acids is 1. The maximum atomic E-state index is 12.4. The topological polar surface area (TPSA) is 75.5 Å². The van der Waals surface area contributed by atoms with Gasteiger partial charge in [0, 0.05) is 62.5 Å². The molecule has 3 heterocycles. The number of thioether (sulfide) groups is 1. The first-order valence-corrected chi connectivity index (χ1v) is 12.0. The van der Waals surface area contributed by atoms with Gasteiger partial charge in [0.2, 0.25) is 11.2 Å². The Morgan fingerprint density at radius 3 is 2.44 bits per heavy atom. The molecule has 0 spiro atoms. The molecular weight excluding hydrogens is 430 g/mol. The highest BCUT2D eigenvalue weighted by Crippen LogP contribution is 2.21. The molecule has 1 amide bonds. The Bertz CT molecular complexity index is 951. The highest BCUT2D eigenvalue weighted by molar-refractivity contribution is 7.99. The molecular formula is C23H29N3O5S. The lowest BCUT2D eigenvalue weighted by Crippen LogP contribution is -2.46. The van der Waals surface area contributed by atoms with Gasteiger partial charge in [-0.2, -0.15) is 11.8 Å². The van der Waals surface area contributed by atoms with Crippen molar-refractivity contribution >= 4 is 23.4 Å². The molecule has 2 fully saturated rings. The van der Waals surface area contributed by atoms with Gasteiger partial charge in [-0.3, -0.25) is 14.5 Å². The lowest BCUT2D eigenvalue weighted by atomic mass is 10.2. The molecule has 1 aromatic carbocycles. The van der Waals surface area contributed by atoms with Crippen LogP contribution in [0.1, 0.15) is 5.76 Å². The minimum atomic E-state index is -0.259. The van der Waals surface area contributed by atoms with E-state index in [1.165, 1.54) is 18.0 Å². The standard InChI is InChI=1S/C23H29N3O5S/c1-29-19-4-2-18(3-5-19)25-8-6-24(7-9-25)15-20-14-21(27)22(16-30-20)31-17-23(28)26-10-12-32-13-11-26/h2-5,14,16H,6-13,15,17H2,1H3. The fourth-order valence-corrected chi connectivity index (χ4v) is 4.75. The molecule has 0 aliphatic carbocycles. The molecule has 2 aliphatic rings. The minimum absolute atomic E-state index is 0.0813. The molecule has 0 bridgehead atoms. The molecule has 0 saturated carbocycles. The lowest BCUT2D eigenvalue weighted by Gasteiger charge is -2.35. The van der Waals surface area contributed by atoms with Gasteiger partial charge in [0.1, 0.15) is 17.8 Å². The number of benzene rings is 1. The van der Waals surface area contributed by atoms with Gasteiger partial charge in [-0.25, -0.2) is 0 Å². The van der Waals surface area contributed by atoms with E-state index in [0.717, 1.165) is 56.5 Å². The van der Waals surface area contributed by atoms with Gasteiger partial charge in [-0.1, -0.05) is 0 Å². The summed E-state index contributed by atoms with van der Waals surface area (Å²) in [6.45, 7) is 5.42. The van der Waals surface area contributed by atoms with E-state index in [4.69, 9.17) is 13.9 Å². The largest absolute Gasteiger partial charge is 0.497 e. The van der Waals surface area contributed by atoms with E-state index >= 15 is 0 Å². The smallest absolute Gasteiger partial charge is 0.260 e. The molecule has 2 aromatic rings. The molecule has 0 atom stereocenters. The summed E-state index contributed by atoms with van der Waals surface area (Å²) >= 11 is 1.84. The molecule has 2 aliphatic heterocycles. The Labute approximate surface area is 192 Å². The van der Waals surface area contributed by atoms with Crippen LogP contribution in [0.5, 0.6) is 11.5 Å². The quantitative estimate of drug-likeness (QED) is 0.622. The van der Waals surface area contributed by atoms with E-state index in [1.807, 2.05) is 23.9 Å². The third-order valence-electron chi connectivity index (χ3n) is 5.76. The zero-order valence-corrected chi connectivity index (χ0v) is 19.1. The third kappa shape index (κ3) is 5.77. The summed E-state index contributed by atoms with van der Waals surface area (Å²) < 4.78 is 16.3. The third-order valence-corrected chi connectivity index (χ3v) is 6.70. The number of methoxy groups -OCH3 is 1. The zero-order chi connectivity index (χ0) is 22.3. The molecule has 8 nitrogen and oxygen atoms in total. The van der Waals surface area contributed by atoms with Gasteiger partial charge in [0.05, 0.1) is 13.7 Å². The van der Waals surface area contributed by atoms with Gasteiger partial charge in [-0.15, -0.1) is 0 Å². The number of hydrogen-bond acceptors (Lipinski definition) is 8. The van der Waals surface area contributed by atoms with E-state index < -0.39 is 0 Å². The Kier molecular flexibility index (Phi) is 7.59. The zero-order valence-electron chi connectivity index (χ0n) is 18.3. The molecule has 0 radical (unpaired) electrons. The van der Waals surface area contributed by atoms with Crippen LogP contribution in [0.25, 0.3) is 0 Å². The maximum absolute atomic E-state index is 12.4. The van der Waals surface area contributed by atoms with Crippen LogP contribution < -0.4 is 19.8 Å². The molecule has 1 aromatic heterocycles. The molecule has 0 N–H and O–H groups in total. The van der Waals surface area contributed by atoms with Crippen molar-refractivity contribution in [3.05, 3.63) is 52.6 Å². The van der Waals surface area contributed by atoms with Gasteiger partial charge >= 0.3 is 0 Å². The van der Waals surface area contributed by atoms with Gasteiger partial charge < -0.3 is 23.7 Å². The Balaban J connectivity index is 1.25. The van der Waals surface area contributed by atoms with Crippen molar-refractivity contribution in [2.45, 2.75) is 6.54 Å². The van der Waals surface area contributed by atoms with E-state index in [2.05, 4.69) is 21.9 Å². The number of ether oxygens (including phenoxy) is 2. The Morgan fingerprint density at radius 2 is 1.78 bits per heavy atom. The second-order valence-corrected chi connectivity index (χ2v) is 9.04. The number of carbonyl (C=O) groups is 1. The van der Waals surface area contributed by atoms with Crippen molar-refractivity contribution in [2.75, 3.05) is 69.4 Å². The summed E-state index contributed by atoms with van der Waals surface area (Å²) in [5, 5.41) is 0. The van der Waals surface area contributed by atoms with E-state index in [1.54, 1.807) is 12.0 Å². The van der Waals surface area contributed by atoms with Crippen molar-refractivity contribution in [2.24, 2.45) is 0 Å². The summed E-state index contributed by atoms with van der Waals surface area (Å²) in [7, 11) is 1.67. The first-order valence-electron chi connectivity index (χ1n) is 10.8. The monoisotopic (exact) mass is 459 g/mol. The fourth-order valence-electron chi connectivity index (χ4n) is 3.85. The minimum Gasteiger partial charge on any atom is -0.497 e. The van der Waals surface area contributed by atoms with Crippen LogP contribution in [0.4, 0.5) is 5.69 Å². The summed E-state index contributed by atoms with van der Waals surface area (Å²) in [4.78, 5) is 31.0. The first kappa shape index (κ1) is 22.5. The predicted molar refractivity (Wildman–Crippen MR) is 125 cm³/mol. The van der Waals surface area contributed by atoms with Gasteiger partial charge in [0.15, 0.2) is 6.61 Å². The number of hydrogen-bond donors (Lipinski definition) is 0. The van der Waals surface area contributed by atoms with Crippen LogP contribution >= 0.6 is 11.8 Å². The van der Waals surface area contributed by atoms with Crippen molar-refractivity contribution in [3.8, 4) is 11.5 Å². The van der Waals surface area contributed by atoms with Crippen molar-refractivity contribution in [1.82, 2.24) is 9.80 Å². The molecule has 0 unspecified atom stereocenters. The van der Waals surface area contributed by atoms with Crippen molar-refractivity contribution in [1.29, 1.82) is 0 Å². The average molecular weight is 460 g/mol. The van der Waals surface area contributed by atoms with Crippen LogP contribution in [0, 0.1) is 0 Å². The summed E-state index contributed by atoms with van der Waals surface area (Å²) in [5.41, 5.74) is 0.918. The SMILES string of the molecule is COc1ccc(N2CCN(Cc3cc(=O)c(OCC(=O)N4CCSCC4)co3)CC2)cc1. The van der Waals surface area contributed by atoms with Crippen molar-refractivity contribution < 1.29 is 18.7 Å². The molecule has 4 rings (SSSR count). The van der Waals surface area contributed by atoms with Crippen molar-refractivity contribution in [3.63, 3.8) is 0 Å². The Morgan fingerprint density at radius 1 is 1.06 bits per heavy atom. The van der Waals surface area contributed by atoms with Crippen LogP contribution in [0.2, 0.25) is 0 Å². The summed E-state index contributed by atoms with van der Waals surface area (Å²) in [5.74, 6) is 3.32. The predicted octanol–water partition coefficient (Wildman–Crippen LogP) is 1.92. The van der Waals surface area contributed by atoms with Crippen LogP contribution in [-0.4, -0.2) is 80.2 Å². The van der Waals surface area contributed by atoms with E-state index in [-0.39, 0.29) is 23.7 Å². The highest BCUT2D eigenvalue weighted by atomic mass is 32.2. The number of anilines is 1. The number of nitrogens with zero attached hydrogens (tertiary/aromatic N) is 3. The summed E-state index contributed by atoms with van der Waals surface area (Å²) in [6.07, 6.45) is 1.32. The normalized spacial score (nSPS) is 17.3.